The van der Waals surface area contributed by atoms with E-state index in [1.807, 2.05) is 0 Å². The van der Waals surface area contributed by atoms with Crippen LogP contribution in [-0.2, 0) is 28.7 Å². The molecule has 2 N–H and O–H groups in total. The number of aliphatic carboxylic acids is 1. The van der Waals surface area contributed by atoms with Crippen molar-refractivity contribution >= 4 is 35.8 Å². The summed E-state index contributed by atoms with van der Waals surface area (Å²) in [5, 5.41) is 17.2. The van der Waals surface area contributed by atoms with Crippen LogP contribution in [0.25, 0.3) is 0 Å². The SMILES string of the molecule is O=C(O)CCCCC(=O)OC(=O)CCC(=O)OC(=O)c1ccc(C(=O)O)cc1. The number of rotatable bonds is 10. The Kier molecular flexibility index (Phi) is 9.01. The van der Waals surface area contributed by atoms with Gasteiger partial charge in [-0.2, -0.15) is 0 Å². The lowest BCUT2D eigenvalue weighted by atomic mass is 10.1. The zero-order chi connectivity index (χ0) is 21.1. The molecule has 1 aromatic rings. The van der Waals surface area contributed by atoms with Crippen molar-refractivity contribution in [2.24, 2.45) is 0 Å². The largest absolute Gasteiger partial charge is 0.481 e. The summed E-state index contributed by atoms with van der Waals surface area (Å²) in [7, 11) is 0. The highest BCUT2D eigenvalue weighted by atomic mass is 16.6. The zero-order valence-electron chi connectivity index (χ0n) is 14.7. The Labute approximate surface area is 159 Å². The number of esters is 4. The van der Waals surface area contributed by atoms with E-state index in [-0.39, 0.29) is 36.8 Å². The van der Waals surface area contributed by atoms with E-state index in [2.05, 4.69) is 9.47 Å². The Bertz CT molecular complexity index is 763. The number of carbonyl (C=O) groups is 6. The molecule has 0 bridgehead atoms. The third-order valence-electron chi connectivity index (χ3n) is 3.36. The molecule has 0 unspecified atom stereocenters. The Morgan fingerprint density at radius 1 is 0.643 bits per heavy atom. The Balaban J connectivity index is 2.32. The van der Waals surface area contributed by atoms with Gasteiger partial charge in [-0.15, -0.1) is 0 Å². The molecule has 28 heavy (non-hydrogen) atoms. The minimum absolute atomic E-state index is 0.0433. The molecule has 0 aliphatic carbocycles. The second-order valence-corrected chi connectivity index (χ2v) is 5.59. The van der Waals surface area contributed by atoms with Gasteiger partial charge in [-0.05, 0) is 37.1 Å². The first-order valence-corrected chi connectivity index (χ1v) is 8.22. The van der Waals surface area contributed by atoms with E-state index in [0.717, 1.165) is 0 Å². The number of carboxylic acid groups (broad SMARTS) is 2. The average molecular weight is 394 g/mol. The van der Waals surface area contributed by atoms with Gasteiger partial charge in [0.2, 0.25) is 0 Å². The van der Waals surface area contributed by atoms with Crippen LogP contribution in [0.15, 0.2) is 24.3 Å². The van der Waals surface area contributed by atoms with Crippen molar-refractivity contribution in [3.8, 4) is 0 Å². The van der Waals surface area contributed by atoms with Gasteiger partial charge in [-0.25, -0.2) is 9.59 Å². The van der Waals surface area contributed by atoms with Gasteiger partial charge in [-0.1, -0.05) is 0 Å². The molecule has 0 atom stereocenters. The number of benzene rings is 1. The maximum Gasteiger partial charge on any atom is 0.345 e. The van der Waals surface area contributed by atoms with Crippen LogP contribution in [0.2, 0.25) is 0 Å². The van der Waals surface area contributed by atoms with Gasteiger partial charge in [0.05, 0.1) is 24.0 Å². The van der Waals surface area contributed by atoms with Crippen LogP contribution < -0.4 is 0 Å². The number of unbranched alkanes of at least 4 members (excludes halogenated alkanes) is 1. The molecule has 0 aromatic heterocycles. The van der Waals surface area contributed by atoms with Gasteiger partial charge in [0.1, 0.15) is 0 Å². The maximum atomic E-state index is 11.8. The lowest BCUT2D eigenvalue weighted by Crippen LogP contribution is -2.16. The van der Waals surface area contributed by atoms with Crippen LogP contribution in [0.5, 0.6) is 0 Å². The summed E-state index contributed by atoms with van der Waals surface area (Å²) in [6.45, 7) is 0. The van der Waals surface area contributed by atoms with E-state index >= 15 is 0 Å². The average Bonchev–Trinajstić information content (AvgIpc) is 2.63. The highest BCUT2D eigenvalue weighted by molar-refractivity contribution is 5.98. The minimum atomic E-state index is -1.18. The summed E-state index contributed by atoms with van der Waals surface area (Å²) in [5.41, 5.74) is -0.0873. The number of carboxylic acids is 2. The predicted molar refractivity (Wildman–Crippen MR) is 90.3 cm³/mol. The molecular formula is C18H18O10. The van der Waals surface area contributed by atoms with Crippen LogP contribution in [0.4, 0.5) is 0 Å². The number of hydrogen-bond acceptors (Lipinski definition) is 8. The molecule has 10 heteroatoms. The molecule has 0 saturated carbocycles. The highest BCUT2D eigenvalue weighted by Gasteiger charge is 2.17. The third kappa shape index (κ3) is 8.70. The molecule has 0 saturated heterocycles. The first-order chi connectivity index (χ1) is 13.2. The third-order valence-corrected chi connectivity index (χ3v) is 3.36. The quantitative estimate of drug-likeness (QED) is 0.338. The Hall–Kier alpha value is -3.56. The van der Waals surface area contributed by atoms with Crippen LogP contribution in [0, 0.1) is 0 Å². The van der Waals surface area contributed by atoms with E-state index in [1.165, 1.54) is 24.3 Å². The Morgan fingerprint density at radius 3 is 1.64 bits per heavy atom. The van der Waals surface area contributed by atoms with E-state index in [0.29, 0.717) is 0 Å². The summed E-state index contributed by atoms with van der Waals surface area (Å²) in [4.78, 5) is 67.2. The summed E-state index contributed by atoms with van der Waals surface area (Å²) in [6, 6.07) is 4.69. The summed E-state index contributed by atoms with van der Waals surface area (Å²) in [6.07, 6.45) is -0.695. The van der Waals surface area contributed by atoms with Crippen molar-refractivity contribution in [2.75, 3.05) is 0 Å². The molecule has 0 aliphatic heterocycles. The van der Waals surface area contributed by atoms with Crippen molar-refractivity contribution in [3.63, 3.8) is 0 Å². The van der Waals surface area contributed by atoms with E-state index in [1.54, 1.807) is 0 Å². The lowest BCUT2D eigenvalue weighted by molar-refractivity contribution is -0.161. The molecule has 0 aliphatic rings. The van der Waals surface area contributed by atoms with Crippen molar-refractivity contribution in [1.29, 1.82) is 0 Å². The van der Waals surface area contributed by atoms with E-state index < -0.39 is 48.7 Å². The van der Waals surface area contributed by atoms with Crippen molar-refractivity contribution in [1.82, 2.24) is 0 Å². The summed E-state index contributed by atoms with van der Waals surface area (Å²) < 4.78 is 8.98. The summed E-state index contributed by atoms with van der Waals surface area (Å²) >= 11 is 0. The normalized spacial score (nSPS) is 10.0. The first kappa shape index (κ1) is 22.5. The Morgan fingerprint density at radius 2 is 1.11 bits per heavy atom. The van der Waals surface area contributed by atoms with Crippen LogP contribution in [0.3, 0.4) is 0 Å². The van der Waals surface area contributed by atoms with Gasteiger partial charge in [-0.3, -0.25) is 19.2 Å². The molecule has 0 spiro atoms. The maximum absolute atomic E-state index is 11.8. The van der Waals surface area contributed by atoms with Gasteiger partial charge in [0.25, 0.3) is 0 Å². The topological polar surface area (TPSA) is 161 Å². The molecule has 1 aromatic carbocycles. The second-order valence-electron chi connectivity index (χ2n) is 5.59. The van der Waals surface area contributed by atoms with Crippen LogP contribution >= 0.6 is 0 Å². The molecule has 150 valence electrons. The second kappa shape index (κ2) is 11.2. The number of aromatic carboxylic acids is 1. The molecule has 0 fully saturated rings. The van der Waals surface area contributed by atoms with Crippen LogP contribution in [0.1, 0.15) is 59.2 Å². The zero-order valence-corrected chi connectivity index (χ0v) is 14.7. The molecule has 0 heterocycles. The molecule has 1 rings (SSSR count). The van der Waals surface area contributed by atoms with E-state index in [4.69, 9.17) is 10.2 Å². The van der Waals surface area contributed by atoms with Gasteiger partial charge >= 0.3 is 35.8 Å². The summed E-state index contributed by atoms with van der Waals surface area (Å²) in [5.74, 6) is -6.00. The number of ether oxygens (including phenoxy) is 2. The molecule has 10 nitrogen and oxygen atoms in total. The highest BCUT2D eigenvalue weighted by Crippen LogP contribution is 2.08. The fourth-order valence-electron chi connectivity index (χ4n) is 1.94. The smallest absolute Gasteiger partial charge is 0.345 e. The minimum Gasteiger partial charge on any atom is -0.481 e. The standard InChI is InChI=1S/C18H18O10/c19-13(20)3-1-2-4-14(21)27-15(22)9-10-16(23)28-18(26)12-7-5-11(6-8-12)17(24)25/h5-8H,1-4,9-10H2,(H,19,20)(H,24,25). The molecular weight excluding hydrogens is 376 g/mol. The predicted octanol–water partition coefficient (Wildman–Crippen LogP) is 1.56. The van der Waals surface area contributed by atoms with Gasteiger partial charge in [0, 0.05) is 12.8 Å². The van der Waals surface area contributed by atoms with Crippen LogP contribution in [-0.4, -0.2) is 46.0 Å². The fraction of sp³-hybridized carbons (Fsp3) is 0.333. The van der Waals surface area contributed by atoms with Crippen molar-refractivity contribution in [2.45, 2.75) is 38.5 Å². The van der Waals surface area contributed by atoms with Crippen molar-refractivity contribution in [3.05, 3.63) is 35.4 Å². The number of hydrogen-bond donors (Lipinski definition) is 2. The van der Waals surface area contributed by atoms with E-state index in [9.17, 15) is 28.8 Å². The first-order valence-electron chi connectivity index (χ1n) is 8.22. The molecule has 0 radical (unpaired) electrons. The monoisotopic (exact) mass is 394 g/mol. The fourth-order valence-corrected chi connectivity index (χ4v) is 1.94. The molecule has 0 amide bonds. The number of carbonyl (C=O) groups excluding carboxylic acids is 4. The van der Waals surface area contributed by atoms with Gasteiger partial charge in [0.15, 0.2) is 0 Å². The lowest BCUT2D eigenvalue weighted by Gasteiger charge is -2.04. The van der Waals surface area contributed by atoms with Crippen molar-refractivity contribution < 1.29 is 48.5 Å². The van der Waals surface area contributed by atoms with Gasteiger partial charge < -0.3 is 19.7 Å².